The largest absolute Gasteiger partial charge is 0.480 e. The summed E-state index contributed by atoms with van der Waals surface area (Å²) in [5.74, 6) is -1.02. The molecule has 0 spiro atoms. The zero-order chi connectivity index (χ0) is 17.1. The van der Waals surface area contributed by atoms with E-state index in [-0.39, 0.29) is 5.82 Å². The summed E-state index contributed by atoms with van der Waals surface area (Å²) >= 11 is 0. The molecule has 1 fully saturated rings. The van der Waals surface area contributed by atoms with Crippen LogP contribution in [0, 0.1) is 5.82 Å². The van der Waals surface area contributed by atoms with Crippen molar-refractivity contribution in [3.63, 3.8) is 0 Å². The monoisotopic (exact) mass is 331 g/mol. The molecule has 1 aliphatic heterocycles. The number of hydrogen-bond acceptors (Lipinski definition) is 4. The molecule has 2 heterocycles. The lowest BCUT2D eigenvalue weighted by Crippen LogP contribution is -2.52. The average Bonchev–Trinajstić information content (AvgIpc) is 2.59. The molecule has 0 saturated carbocycles. The van der Waals surface area contributed by atoms with E-state index >= 15 is 0 Å². The van der Waals surface area contributed by atoms with E-state index in [0.717, 1.165) is 36.1 Å². The standard InChI is InChI=1S/C18H22FN3O2/c1-2-3-17(18(23)24)22-10-8-21(9-11-22)16-6-7-20-15-5-4-13(19)12-14(15)16/h4-7,12,17H,2-3,8-11H2,1H3,(H,23,24). The maximum absolute atomic E-state index is 13.6. The van der Waals surface area contributed by atoms with Crippen molar-refractivity contribution < 1.29 is 14.3 Å². The Bertz CT molecular complexity index is 729. The van der Waals surface area contributed by atoms with Crippen LogP contribution in [0.1, 0.15) is 19.8 Å². The number of benzene rings is 1. The summed E-state index contributed by atoms with van der Waals surface area (Å²) < 4.78 is 13.6. The first-order valence-electron chi connectivity index (χ1n) is 8.36. The lowest BCUT2D eigenvalue weighted by atomic mass is 10.1. The molecule has 3 rings (SSSR count). The van der Waals surface area contributed by atoms with E-state index in [0.29, 0.717) is 19.5 Å². The van der Waals surface area contributed by atoms with Crippen molar-refractivity contribution in [2.75, 3.05) is 31.1 Å². The topological polar surface area (TPSA) is 56.7 Å². The summed E-state index contributed by atoms with van der Waals surface area (Å²) in [5.41, 5.74) is 1.73. The predicted molar refractivity (Wildman–Crippen MR) is 91.8 cm³/mol. The quantitative estimate of drug-likeness (QED) is 0.913. The molecule has 0 aliphatic carbocycles. The number of anilines is 1. The lowest BCUT2D eigenvalue weighted by molar-refractivity contribution is -0.143. The number of halogens is 1. The molecule has 1 atom stereocenters. The van der Waals surface area contributed by atoms with Gasteiger partial charge in [-0.15, -0.1) is 0 Å². The van der Waals surface area contributed by atoms with Crippen LogP contribution in [0.2, 0.25) is 0 Å². The van der Waals surface area contributed by atoms with Crippen LogP contribution in [0.25, 0.3) is 10.9 Å². The summed E-state index contributed by atoms with van der Waals surface area (Å²) in [6, 6.07) is 6.11. The zero-order valence-electron chi connectivity index (χ0n) is 13.8. The van der Waals surface area contributed by atoms with Crippen LogP contribution in [-0.2, 0) is 4.79 Å². The molecule has 5 nitrogen and oxygen atoms in total. The van der Waals surface area contributed by atoms with Gasteiger partial charge in [-0.1, -0.05) is 13.3 Å². The fourth-order valence-corrected chi connectivity index (χ4v) is 3.39. The number of aliphatic carboxylic acids is 1. The van der Waals surface area contributed by atoms with Crippen molar-refractivity contribution in [2.24, 2.45) is 0 Å². The van der Waals surface area contributed by atoms with Gasteiger partial charge in [-0.25, -0.2) is 4.39 Å². The van der Waals surface area contributed by atoms with Crippen LogP contribution in [0.15, 0.2) is 30.5 Å². The van der Waals surface area contributed by atoms with Gasteiger partial charge in [-0.3, -0.25) is 14.7 Å². The molecule has 0 amide bonds. The van der Waals surface area contributed by atoms with Gasteiger partial charge in [0.1, 0.15) is 11.9 Å². The van der Waals surface area contributed by atoms with E-state index in [1.807, 2.05) is 17.9 Å². The number of hydrogen-bond donors (Lipinski definition) is 1. The minimum absolute atomic E-state index is 0.274. The highest BCUT2D eigenvalue weighted by atomic mass is 19.1. The Morgan fingerprint density at radius 2 is 2.04 bits per heavy atom. The third-order valence-corrected chi connectivity index (χ3v) is 4.62. The van der Waals surface area contributed by atoms with Crippen molar-refractivity contribution in [3.05, 3.63) is 36.3 Å². The molecule has 1 aliphatic rings. The van der Waals surface area contributed by atoms with Gasteiger partial charge in [0.05, 0.1) is 5.52 Å². The molecule has 0 radical (unpaired) electrons. The molecule has 6 heteroatoms. The zero-order valence-corrected chi connectivity index (χ0v) is 13.8. The van der Waals surface area contributed by atoms with Crippen molar-refractivity contribution in [2.45, 2.75) is 25.8 Å². The van der Waals surface area contributed by atoms with E-state index in [1.54, 1.807) is 12.3 Å². The Morgan fingerprint density at radius 3 is 2.71 bits per heavy atom. The van der Waals surface area contributed by atoms with Crippen molar-refractivity contribution in [1.29, 1.82) is 0 Å². The molecule has 1 unspecified atom stereocenters. The number of rotatable bonds is 5. The third kappa shape index (κ3) is 3.33. The van der Waals surface area contributed by atoms with Gasteiger partial charge in [-0.05, 0) is 30.7 Å². The first-order chi connectivity index (χ1) is 11.6. The number of carboxylic acids is 1. The van der Waals surface area contributed by atoms with Gasteiger partial charge >= 0.3 is 5.97 Å². The smallest absolute Gasteiger partial charge is 0.320 e. The van der Waals surface area contributed by atoms with E-state index < -0.39 is 12.0 Å². The predicted octanol–water partition coefficient (Wildman–Crippen LogP) is 2.75. The fraction of sp³-hybridized carbons (Fsp3) is 0.444. The van der Waals surface area contributed by atoms with Gasteiger partial charge in [-0.2, -0.15) is 0 Å². The van der Waals surface area contributed by atoms with Gasteiger partial charge in [0.25, 0.3) is 0 Å². The molecule has 1 N–H and O–H groups in total. The van der Waals surface area contributed by atoms with Crippen LogP contribution in [-0.4, -0.2) is 53.2 Å². The molecular formula is C18H22FN3O2. The minimum atomic E-state index is -0.748. The summed E-state index contributed by atoms with van der Waals surface area (Å²) in [6.07, 6.45) is 3.25. The summed E-state index contributed by atoms with van der Waals surface area (Å²) in [6.45, 7) is 4.84. The maximum Gasteiger partial charge on any atom is 0.320 e. The van der Waals surface area contributed by atoms with Gasteiger partial charge in [0.15, 0.2) is 0 Å². The van der Waals surface area contributed by atoms with Crippen molar-refractivity contribution in [1.82, 2.24) is 9.88 Å². The first-order valence-corrected chi connectivity index (χ1v) is 8.36. The number of nitrogens with zero attached hydrogens (tertiary/aromatic N) is 3. The molecule has 1 aromatic carbocycles. The number of aromatic nitrogens is 1. The van der Waals surface area contributed by atoms with Gasteiger partial charge in [0, 0.05) is 43.4 Å². The second kappa shape index (κ2) is 7.13. The van der Waals surface area contributed by atoms with Gasteiger partial charge < -0.3 is 10.0 Å². The molecule has 1 aromatic heterocycles. The highest BCUT2D eigenvalue weighted by molar-refractivity contribution is 5.91. The van der Waals surface area contributed by atoms with E-state index in [2.05, 4.69) is 9.88 Å². The lowest BCUT2D eigenvalue weighted by Gasteiger charge is -2.39. The molecule has 128 valence electrons. The molecule has 0 bridgehead atoms. The van der Waals surface area contributed by atoms with Crippen molar-refractivity contribution >= 4 is 22.6 Å². The molecule has 2 aromatic rings. The van der Waals surface area contributed by atoms with E-state index in [9.17, 15) is 14.3 Å². The van der Waals surface area contributed by atoms with Crippen LogP contribution in [0.4, 0.5) is 10.1 Å². The Labute approximate surface area is 140 Å². The van der Waals surface area contributed by atoms with E-state index in [4.69, 9.17) is 0 Å². The summed E-state index contributed by atoms with van der Waals surface area (Å²) in [7, 11) is 0. The van der Waals surface area contributed by atoms with Crippen LogP contribution in [0.5, 0.6) is 0 Å². The molecule has 1 saturated heterocycles. The normalized spacial score (nSPS) is 17.2. The number of carboxylic acid groups (broad SMARTS) is 1. The average molecular weight is 331 g/mol. The van der Waals surface area contributed by atoms with E-state index in [1.165, 1.54) is 12.1 Å². The Hall–Kier alpha value is -2.21. The van der Waals surface area contributed by atoms with Crippen LogP contribution < -0.4 is 4.90 Å². The number of fused-ring (bicyclic) bond motifs is 1. The van der Waals surface area contributed by atoms with Crippen LogP contribution in [0.3, 0.4) is 0 Å². The summed E-state index contributed by atoms with van der Waals surface area (Å²) in [5, 5.41) is 10.2. The SMILES string of the molecule is CCCC(C(=O)O)N1CCN(c2ccnc3ccc(F)cc23)CC1. The highest BCUT2D eigenvalue weighted by Crippen LogP contribution is 2.27. The summed E-state index contributed by atoms with van der Waals surface area (Å²) in [4.78, 5) is 20.0. The Balaban J connectivity index is 1.78. The number of pyridine rings is 1. The second-order valence-corrected chi connectivity index (χ2v) is 6.16. The van der Waals surface area contributed by atoms with Crippen molar-refractivity contribution in [3.8, 4) is 0 Å². The third-order valence-electron chi connectivity index (χ3n) is 4.62. The highest BCUT2D eigenvalue weighted by Gasteiger charge is 2.28. The Kier molecular flexibility index (Phi) is 4.94. The van der Waals surface area contributed by atoms with Crippen LogP contribution >= 0.6 is 0 Å². The minimum Gasteiger partial charge on any atom is -0.480 e. The Morgan fingerprint density at radius 1 is 1.29 bits per heavy atom. The number of carbonyl (C=O) groups is 1. The fourth-order valence-electron chi connectivity index (χ4n) is 3.39. The van der Waals surface area contributed by atoms with Gasteiger partial charge in [0.2, 0.25) is 0 Å². The molecule has 24 heavy (non-hydrogen) atoms. The maximum atomic E-state index is 13.6. The molecular weight excluding hydrogens is 309 g/mol. The number of piperazine rings is 1. The second-order valence-electron chi connectivity index (χ2n) is 6.16. The first kappa shape index (κ1) is 16.6.